The number of ether oxygens (including phenoxy) is 1. The average Bonchev–Trinajstić information content (AvgIpc) is 2.46. The molecule has 0 bridgehead atoms. The number of aromatic nitrogens is 1. The van der Waals surface area contributed by atoms with Gasteiger partial charge < -0.3 is 15.4 Å². The second-order valence-corrected chi connectivity index (χ2v) is 4.01. The number of nitrogen functional groups attached to an aromatic ring is 1. The molecule has 5 heteroatoms. The van der Waals surface area contributed by atoms with Crippen LogP contribution in [0.3, 0.4) is 0 Å². The van der Waals surface area contributed by atoms with E-state index in [-0.39, 0.29) is 0 Å². The van der Waals surface area contributed by atoms with Gasteiger partial charge >= 0.3 is 0 Å². The van der Waals surface area contributed by atoms with E-state index in [9.17, 15) is 0 Å². The first-order valence-corrected chi connectivity index (χ1v) is 5.69. The lowest BCUT2D eigenvalue weighted by atomic mass is 10.2. The summed E-state index contributed by atoms with van der Waals surface area (Å²) in [5.74, 6) is 1.35. The summed E-state index contributed by atoms with van der Waals surface area (Å²) in [5, 5.41) is 9.13. The number of methoxy groups -OCH3 is 1. The van der Waals surface area contributed by atoms with E-state index in [0.29, 0.717) is 17.1 Å². The quantitative estimate of drug-likeness (QED) is 0.909. The maximum absolute atomic E-state index is 9.13. The zero-order valence-corrected chi connectivity index (χ0v) is 10.8. The number of nitrogens with two attached hydrogens (primary N) is 1. The van der Waals surface area contributed by atoms with Crippen LogP contribution in [-0.2, 0) is 0 Å². The summed E-state index contributed by atoms with van der Waals surface area (Å²) in [6.45, 7) is 0. The molecule has 1 aromatic carbocycles. The topological polar surface area (TPSA) is 75.2 Å². The zero-order chi connectivity index (χ0) is 13.8. The first-order valence-electron chi connectivity index (χ1n) is 5.69. The third-order valence-corrected chi connectivity index (χ3v) is 2.79. The lowest BCUT2D eigenvalue weighted by molar-refractivity contribution is 0.415. The van der Waals surface area contributed by atoms with Crippen LogP contribution < -0.4 is 15.4 Å². The largest absolute Gasteiger partial charge is 0.497 e. The second-order valence-electron chi connectivity index (χ2n) is 4.01. The van der Waals surface area contributed by atoms with Crippen LogP contribution in [0, 0.1) is 11.3 Å². The molecule has 96 valence electrons. The van der Waals surface area contributed by atoms with E-state index in [2.05, 4.69) is 11.1 Å². The number of nitrogens with zero attached hydrogens (tertiary/aromatic N) is 3. The van der Waals surface area contributed by atoms with Crippen LogP contribution in [0.2, 0.25) is 0 Å². The molecule has 0 unspecified atom stereocenters. The molecule has 0 spiro atoms. The van der Waals surface area contributed by atoms with Crippen LogP contribution in [0.15, 0.2) is 36.5 Å². The smallest absolute Gasteiger partial charge is 0.150 e. The van der Waals surface area contributed by atoms with Gasteiger partial charge in [-0.25, -0.2) is 4.98 Å². The summed E-state index contributed by atoms with van der Waals surface area (Å²) in [4.78, 5) is 6.05. The first-order chi connectivity index (χ1) is 9.15. The lowest BCUT2D eigenvalue weighted by Gasteiger charge is -2.19. The predicted octanol–water partition coefficient (Wildman–Crippen LogP) is 2.31. The Morgan fingerprint density at radius 2 is 2.00 bits per heavy atom. The SMILES string of the molecule is COc1ccc(N(C)c2ncc(N)cc2C#N)cc1. The van der Waals surface area contributed by atoms with Crippen LogP contribution in [0.5, 0.6) is 5.75 Å². The number of nitriles is 1. The molecule has 5 nitrogen and oxygen atoms in total. The van der Waals surface area contributed by atoms with E-state index in [1.54, 1.807) is 13.2 Å². The van der Waals surface area contributed by atoms with Crippen molar-refractivity contribution in [2.45, 2.75) is 0 Å². The molecule has 0 atom stereocenters. The van der Waals surface area contributed by atoms with E-state index < -0.39 is 0 Å². The van der Waals surface area contributed by atoms with Crippen LogP contribution in [0.4, 0.5) is 17.2 Å². The first kappa shape index (κ1) is 12.7. The monoisotopic (exact) mass is 254 g/mol. The van der Waals surface area contributed by atoms with Gasteiger partial charge in [-0.05, 0) is 30.3 Å². The molecule has 0 saturated heterocycles. The Bertz CT molecular complexity index is 616. The summed E-state index contributed by atoms with van der Waals surface area (Å²) in [5.41, 5.74) is 7.46. The van der Waals surface area contributed by atoms with Crippen molar-refractivity contribution in [1.29, 1.82) is 5.26 Å². The third-order valence-electron chi connectivity index (χ3n) is 2.79. The predicted molar refractivity (Wildman–Crippen MR) is 74.4 cm³/mol. The van der Waals surface area contributed by atoms with Crippen molar-refractivity contribution in [2.24, 2.45) is 0 Å². The van der Waals surface area contributed by atoms with Gasteiger partial charge in [0.1, 0.15) is 11.8 Å². The van der Waals surface area contributed by atoms with Gasteiger partial charge in [-0.1, -0.05) is 0 Å². The standard InChI is InChI=1S/C14H14N4O/c1-18(12-3-5-13(19-2)6-4-12)14-10(8-15)7-11(16)9-17-14/h3-7,9H,16H2,1-2H3. The number of hydrogen-bond donors (Lipinski definition) is 1. The number of benzene rings is 1. The minimum Gasteiger partial charge on any atom is -0.497 e. The molecule has 2 rings (SSSR count). The van der Waals surface area contributed by atoms with Crippen molar-refractivity contribution in [3.8, 4) is 11.8 Å². The molecule has 1 aromatic heterocycles. The maximum atomic E-state index is 9.13. The number of anilines is 3. The molecule has 0 aliphatic carbocycles. The number of hydrogen-bond acceptors (Lipinski definition) is 5. The molecule has 0 radical (unpaired) electrons. The Labute approximate surface area is 111 Å². The number of rotatable bonds is 3. The van der Waals surface area contributed by atoms with Crippen molar-refractivity contribution in [2.75, 3.05) is 24.8 Å². The van der Waals surface area contributed by atoms with Crippen molar-refractivity contribution in [3.63, 3.8) is 0 Å². The Morgan fingerprint density at radius 1 is 1.32 bits per heavy atom. The minimum atomic E-state index is 0.443. The van der Waals surface area contributed by atoms with Crippen molar-refractivity contribution < 1.29 is 4.74 Å². The summed E-state index contributed by atoms with van der Waals surface area (Å²) in [6.07, 6.45) is 1.54. The van der Waals surface area contributed by atoms with Crippen molar-refractivity contribution >= 4 is 17.2 Å². The van der Waals surface area contributed by atoms with Crippen LogP contribution in [0.1, 0.15) is 5.56 Å². The molecule has 2 N–H and O–H groups in total. The molecule has 0 amide bonds. The molecule has 19 heavy (non-hydrogen) atoms. The van der Waals surface area contributed by atoms with E-state index in [4.69, 9.17) is 15.7 Å². The molecular formula is C14H14N4O. The second kappa shape index (κ2) is 5.27. The highest BCUT2D eigenvalue weighted by atomic mass is 16.5. The van der Waals surface area contributed by atoms with Gasteiger partial charge in [0.2, 0.25) is 0 Å². The molecule has 0 aliphatic rings. The van der Waals surface area contributed by atoms with E-state index in [1.165, 1.54) is 6.20 Å². The summed E-state index contributed by atoms with van der Waals surface area (Å²) in [6, 6.07) is 11.2. The minimum absolute atomic E-state index is 0.443. The molecule has 0 saturated carbocycles. The highest BCUT2D eigenvalue weighted by molar-refractivity contribution is 5.67. The van der Waals surface area contributed by atoms with Gasteiger partial charge in [-0.3, -0.25) is 0 Å². The Balaban J connectivity index is 2.38. The number of pyridine rings is 1. The fourth-order valence-corrected chi connectivity index (χ4v) is 1.75. The molecular weight excluding hydrogens is 240 g/mol. The summed E-state index contributed by atoms with van der Waals surface area (Å²) >= 11 is 0. The van der Waals surface area contributed by atoms with Gasteiger partial charge in [0.05, 0.1) is 24.6 Å². The Morgan fingerprint density at radius 3 is 2.58 bits per heavy atom. The highest BCUT2D eigenvalue weighted by Crippen LogP contribution is 2.27. The fourth-order valence-electron chi connectivity index (χ4n) is 1.75. The van der Waals surface area contributed by atoms with Gasteiger partial charge in [0.25, 0.3) is 0 Å². The van der Waals surface area contributed by atoms with Crippen LogP contribution in [-0.4, -0.2) is 19.1 Å². The molecule has 2 aromatic rings. The van der Waals surface area contributed by atoms with E-state index in [0.717, 1.165) is 11.4 Å². The van der Waals surface area contributed by atoms with Gasteiger partial charge in [0, 0.05) is 12.7 Å². The molecule has 1 heterocycles. The van der Waals surface area contributed by atoms with Gasteiger partial charge in [-0.2, -0.15) is 5.26 Å². The normalized spacial score (nSPS) is 9.74. The zero-order valence-electron chi connectivity index (χ0n) is 10.8. The summed E-state index contributed by atoms with van der Waals surface area (Å²) in [7, 11) is 3.47. The third kappa shape index (κ3) is 2.58. The maximum Gasteiger partial charge on any atom is 0.150 e. The highest BCUT2D eigenvalue weighted by Gasteiger charge is 2.11. The van der Waals surface area contributed by atoms with Crippen LogP contribution in [0.25, 0.3) is 0 Å². The summed E-state index contributed by atoms with van der Waals surface area (Å²) < 4.78 is 5.11. The van der Waals surface area contributed by atoms with Gasteiger partial charge in [-0.15, -0.1) is 0 Å². The van der Waals surface area contributed by atoms with E-state index >= 15 is 0 Å². The van der Waals surface area contributed by atoms with Crippen molar-refractivity contribution in [1.82, 2.24) is 4.98 Å². The molecule has 0 aliphatic heterocycles. The Hall–Kier alpha value is -2.74. The Kier molecular flexibility index (Phi) is 3.53. The molecule has 0 fully saturated rings. The lowest BCUT2D eigenvalue weighted by Crippen LogP contribution is -2.13. The fraction of sp³-hybridized carbons (Fsp3) is 0.143. The van der Waals surface area contributed by atoms with Crippen molar-refractivity contribution in [3.05, 3.63) is 42.1 Å². The average molecular weight is 254 g/mol. The van der Waals surface area contributed by atoms with E-state index in [1.807, 2.05) is 36.2 Å². The van der Waals surface area contributed by atoms with Crippen LogP contribution >= 0.6 is 0 Å². The van der Waals surface area contributed by atoms with Gasteiger partial charge in [0.15, 0.2) is 5.82 Å².